The van der Waals surface area contributed by atoms with Gasteiger partial charge in [-0.2, -0.15) is 0 Å². The van der Waals surface area contributed by atoms with Crippen molar-refractivity contribution in [2.75, 3.05) is 90.4 Å². The minimum atomic E-state index is -4.79. The maximum absolute atomic E-state index is 12.4. The van der Waals surface area contributed by atoms with Crippen molar-refractivity contribution in [3.05, 3.63) is 144 Å². The molecule has 0 unspecified atom stereocenters. The zero-order valence-electron chi connectivity index (χ0n) is 72.8. The van der Waals surface area contributed by atoms with Crippen LogP contribution in [0.3, 0.4) is 0 Å². The summed E-state index contributed by atoms with van der Waals surface area (Å²) in [5.41, 5.74) is 14.3. The number of nitrogens with two attached hydrogens (primary N) is 1. The van der Waals surface area contributed by atoms with E-state index in [1.54, 1.807) is 48.6 Å². The summed E-state index contributed by atoms with van der Waals surface area (Å²) in [6.07, 6.45) is 40.4. The summed E-state index contributed by atoms with van der Waals surface area (Å²) in [6.45, 7) is 45.2. The summed E-state index contributed by atoms with van der Waals surface area (Å²) < 4.78 is 112. The second-order valence-electron chi connectivity index (χ2n) is 32.1. The Kier molecular flexibility index (Phi) is 42.0. The fourth-order valence-electron chi connectivity index (χ4n) is 15.8. The van der Waals surface area contributed by atoms with Gasteiger partial charge in [-0.05, 0) is 196 Å². The third-order valence-corrected chi connectivity index (χ3v) is 25.3. The molecule has 4 aromatic carbocycles. The van der Waals surface area contributed by atoms with Gasteiger partial charge in [-0.3, -0.25) is 4.79 Å². The Morgan fingerprint density at radius 1 is 0.316 bits per heavy atom. The molecular weight excluding hydrogens is 1520 g/mol. The van der Waals surface area contributed by atoms with Gasteiger partial charge in [0.1, 0.15) is 30.4 Å². The van der Waals surface area contributed by atoms with Crippen molar-refractivity contribution in [3.8, 4) is 44.5 Å². The van der Waals surface area contributed by atoms with Crippen LogP contribution < -0.4 is 11.1 Å². The molecular formula is C95H141N9O10S3. The van der Waals surface area contributed by atoms with Crippen LogP contribution in [0.1, 0.15) is 266 Å². The fraction of sp³-hybridized carbons (Fsp3) is 0.526. The van der Waals surface area contributed by atoms with Gasteiger partial charge in [0.05, 0.1) is 116 Å². The first-order valence-corrected chi connectivity index (χ1v) is 48.4. The van der Waals surface area contributed by atoms with Gasteiger partial charge in [0.15, 0.2) is 0 Å². The smallest absolute Gasteiger partial charge is 0.225 e. The molecule has 0 fully saturated rings. The highest BCUT2D eigenvalue weighted by Gasteiger charge is 2.29. The number of quaternary nitrogens is 3. The minimum Gasteiger partial charge on any atom is -0.744 e. The van der Waals surface area contributed by atoms with Crippen LogP contribution in [-0.4, -0.2) is 163 Å². The number of unbranched alkanes of at least 4 members (excludes halogenated alkanes) is 12. The lowest BCUT2D eigenvalue weighted by Crippen LogP contribution is -2.50. The fourth-order valence-corrected chi connectivity index (χ4v) is 17.2. The Morgan fingerprint density at radius 2 is 0.504 bits per heavy atom. The first-order valence-electron chi connectivity index (χ1n) is 44.2. The number of H-pyrrole nitrogens is 2. The summed E-state index contributed by atoms with van der Waals surface area (Å²) >= 11 is 0. The zero-order chi connectivity index (χ0) is 85.5. The lowest BCUT2D eigenvalue weighted by molar-refractivity contribution is -0.929. The molecule has 8 bridgehead atoms. The van der Waals surface area contributed by atoms with E-state index in [1.165, 1.54) is 319 Å². The second-order valence-corrected chi connectivity index (χ2v) is 36.2. The van der Waals surface area contributed by atoms with Crippen LogP contribution in [0, 0.1) is 0 Å². The maximum atomic E-state index is 12.4. The van der Waals surface area contributed by atoms with Gasteiger partial charge in [0, 0.05) is 63.0 Å². The number of aromatic nitrogens is 4. The molecule has 117 heavy (non-hydrogen) atoms. The van der Waals surface area contributed by atoms with Crippen molar-refractivity contribution in [1.29, 1.82) is 0 Å². The molecule has 0 saturated carbocycles. The first kappa shape index (κ1) is 98.3. The van der Waals surface area contributed by atoms with E-state index in [0.29, 0.717) is 95.0 Å². The Bertz CT molecular complexity index is 4480. The van der Waals surface area contributed by atoms with Crippen LogP contribution >= 0.6 is 0 Å². The third-order valence-electron chi connectivity index (χ3n) is 22.7. The number of benzene rings is 4. The number of carbonyl (C=O) groups is 1. The molecule has 0 aliphatic carbocycles. The monoisotopic (exact) mass is 1660 g/mol. The second kappa shape index (κ2) is 49.9. The van der Waals surface area contributed by atoms with Crippen LogP contribution in [0.5, 0.6) is 0 Å². The Labute approximate surface area is 704 Å². The van der Waals surface area contributed by atoms with Crippen molar-refractivity contribution in [2.45, 2.75) is 258 Å². The van der Waals surface area contributed by atoms with Crippen molar-refractivity contribution < 1.29 is 57.2 Å². The highest BCUT2D eigenvalue weighted by Crippen LogP contribution is 2.40. The number of rotatable bonds is 46. The highest BCUT2D eigenvalue weighted by molar-refractivity contribution is 7.86. The number of nitrogens with one attached hydrogen (secondary N) is 3. The van der Waals surface area contributed by atoms with E-state index in [9.17, 15) is 43.7 Å². The number of fused-ring (bicyclic) bond motifs is 8. The molecule has 0 spiro atoms. The van der Waals surface area contributed by atoms with Gasteiger partial charge in [-0.1, -0.05) is 209 Å². The lowest BCUT2D eigenvalue weighted by atomic mass is 10.0. The molecule has 22 heteroatoms. The van der Waals surface area contributed by atoms with E-state index < -0.39 is 45.0 Å². The van der Waals surface area contributed by atoms with Crippen LogP contribution in [-0.2, 0) is 35.1 Å². The van der Waals surface area contributed by atoms with Crippen LogP contribution in [0.2, 0.25) is 0 Å². The van der Waals surface area contributed by atoms with Gasteiger partial charge < -0.3 is 48.1 Å². The quantitative estimate of drug-likeness (QED) is 0.0204. The van der Waals surface area contributed by atoms with Crippen molar-refractivity contribution in [1.82, 2.24) is 19.9 Å². The van der Waals surface area contributed by atoms with E-state index >= 15 is 0 Å². The third kappa shape index (κ3) is 30.3. The number of anilines is 1. The molecule has 0 atom stereocenters. The normalized spacial score (nSPS) is 12.4. The standard InChI is InChI=1S/C47H36N6O10S3.3C16H36N/c48-26-25-43(54)49-31-9-1-27(2-10-31)44-35-17-19-37(50-35)45(28-3-11-32(12-4-28)64(55,56)57)39-21-23-41(52-39)47(30-7-15-34(16-8-30)66(61,62)63)42-24-22-40(53-42)46(38-20-18-36(44)51-38)29-5-13-33(14-6-29)65(58,59)60;3*1-5-9-13-17(14-10-6-2,15-11-7-3)16-12-8-4/h1-24,50,53H,25-26,48H2,(H,49,54)(H,55,56,57)(H,58,59,60)(H,61,62,63);3*5-16H2,1-4H3/q;3*+1/p-3. The number of amides is 1. The molecule has 9 rings (SSSR count). The van der Waals surface area contributed by atoms with Gasteiger partial charge in [0.25, 0.3) is 0 Å². The van der Waals surface area contributed by atoms with E-state index in [4.69, 9.17) is 15.7 Å². The molecule has 7 aromatic rings. The van der Waals surface area contributed by atoms with Gasteiger partial charge in [-0.25, -0.2) is 35.2 Å². The molecule has 3 aromatic heterocycles. The van der Waals surface area contributed by atoms with Crippen molar-refractivity contribution in [2.24, 2.45) is 5.73 Å². The number of nitrogens with zero attached hydrogens (tertiary/aromatic N) is 5. The lowest BCUT2D eigenvalue weighted by Gasteiger charge is -2.39. The summed E-state index contributed by atoms with van der Waals surface area (Å²) in [5.74, 6) is -0.249. The Morgan fingerprint density at radius 3 is 0.675 bits per heavy atom. The summed E-state index contributed by atoms with van der Waals surface area (Å²) in [5, 5.41) is 2.83. The molecule has 5 heterocycles. The first-order chi connectivity index (χ1) is 56.2. The molecule has 19 nitrogen and oxygen atoms in total. The highest BCUT2D eigenvalue weighted by atomic mass is 32.2. The molecule has 2 aliphatic rings. The molecule has 0 saturated heterocycles. The molecule has 644 valence electrons. The van der Waals surface area contributed by atoms with E-state index in [1.807, 2.05) is 24.3 Å². The summed E-state index contributed by atoms with van der Waals surface area (Å²) in [4.78, 5) is 28.3. The molecule has 5 N–H and O–H groups in total. The van der Waals surface area contributed by atoms with Crippen molar-refractivity contribution in [3.63, 3.8) is 0 Å². The van der Waals surface area contributed by atoms with E-state index in [-0.39, 0.29) is 18.9 Å². The maximum Gasteiger partial charge on any atom is 0.225 e. The SMILES string of the molecule is CCCC[N+](CCCC)(CCCC)CCCC.CCCC[N+](CCCC)(CCCC)CCCC.CCCC[N+](CCCC)(CCCC)CCCC.NCCC(=O)Nc1ccc(-c2c3nc(c(-c4ccc(S(=O)(=O)[O-])cc4)c4ccc([nH]4)c(-c4ccc(S(=O)(=O)[O-])cc4)c4nc(c(-c5ccc(S(=O)(=O)[O-])cc5)c5ccc2[nH]5)C=C4)C=C3)cc1. The van der Waals surface area contributed by atoms with Crippen LogP contribution in [0.25, 0.3) is 90.9 Å². The number of aromatic amines is 2. The minimum absolute atomic E-state index is 0.135. The average Bonchev–Trinajstić information content (AvgIpc) is 1.62. The van der Waals surface area contributed by atoms with Crippen LogP contribution in [0.4, 0.5) is 5.69 Å². The number of carbonyl (C=O) groups excluding carboxylic acids is 1. The zero-order valence-corrected chi connectivity index (χ0v) is 75.3. The van der Waals surface area contributed by atoms with Crippen molar-refractivity contribution >= 4 is 88.3 Å². The summed E-state index contributed by atoms with van der Waals surface area (Å²) in [6, 6.07) is 30.5. The molecule has 1 amide bonds. The number of hydrogen-bond acceptors (Lipinski definition) is 13. The predicted molar refractivity (Wildman–Crippen MR) is 485 cm³/mol. The average molecular weight is 1670 g/mol. The van der Waals surface area contributed by atoms with Gasteiger partial charge in [-0.15, -0.1) is 0 Å². The molecule has 2 aliphatic heterocycles. The predicted octanol–water partition coefficient (Wildman–Crippen LogP) is 22.3. The Hall–Kier alpha value is -7.48. The topological polar surface area (TPSA) is 284 Å². The van der Waals surface area contributed by atoms with Gasteiger partial charge in [0.2, 0.25) is 5.91 Å². The van der Waals surface area contributed by atoms with E-state index in [0.717, 1.165) is 0 Å². The summed E-state index contributed by atoms with van der Waals surface area (Å²) in [7, 11) is -14.3. The van der Waals surface area contributed by atoms with Crippen LogP contribution in [0.15, 0.2) is 136 Å². The largest absolute Gasteiger partial charge is 0.744 e. The van der Waals surface area contributed by atoms with Gasteiger partial charge >= 0.3 is 0 Å². The number of hydrogen-bond donors (Lipinski definition) is 4. The van der Waals surface area contributed by atoms with E-state index in [2.05, 4.69) is 98.4 Å². The molecule has 0 radical (unpaired) electrons. The Balaban J connectivity index is 0.000000337.